The van der Waals surface area contributed by atoms with Crippen molar-refractivity contribution in [2.24, 2.45) is 10.8 Å². The maximum absolute atomic E-state index is 14.7. The molecule has 1 atom stereocenters. The molecular formula is C29H27F8NO5S. The number of carboxylic acids is 1. The van der Waals surface area contributed by atoms with E-state index in [1.165, 1.54) is 4.90 Å². The van der Waals surface area contributed by atoms with Crippen LogP contribution in [0.5, 0.6) is 0 Å². The number of benzene rings is 2. The van der Waals surface area contributed by atoms with Crippen LogP contribution in [0.3, 0.4) is 0 Å². The lowest BCUT2D eigenvalue weighted by Gasteiger charge is -2.51. The number of likely N-dealkylation sites (tertiary alicyclic amines) is 1. The van der Waals surface area contributed by atoms with Gasteiger partial charge in [0.15, 0.2) is 9.84 Å². The van der Waals surface area contributed by atoms with Gasteiger partial charge in [0.25, 0.3) is 0 Å². The van der Waals surface area contributed by atoms with Crippen molar-refractivity contribution < 1.29 is 58.2 Å². The molecule has 44 heavy (non-hydrogen) atoms. The highest BCUT2D eigenvalue weighted by molar-refractivity contribution is 7.92. The van der Waals surface area contributed by atoms with Gasteiger partial charge in [0, 0.05) is 24.1 Å². The maximum Gasteiger partial charge on any atom is 0.435 e. The fourth-order valence-electron chi connectivity index (χ4n) is 7.06. The highest BCUT2D eigenvalue weighted by atomic mass is 32.2. The van der Waals surface area contributed by atoms with Gasteiger partial charge in [-0.05, 0) is 74.8 Å². The Balaban J connectivity index is 1.55. The van der Waals surface area contributed by atoms with E-state index < -0.39 is 78.1 Å². The first-order valence-corrected chi connectivity index (χ1v) is 15.2. The molecule has 1 N–H and O–H groups in total. The molecule has 0 spiro atoms. The first-order chi connectivity index (χ1) is 20.2. The molecule has 2 bridgehead atoms. The van der Waals surface area contributed by atoms with Gasteiger partial charge < -0.3 is 10.0 Å². The van der Waals surface area contributed by atoms with Gasteiger partial charge in [0.05, 0.1) is 10.3 Å². The number of hydrogen-bond donors (Lipinski definition) is 1. The van der Waals surface area contributed by atoms with Gasteiger partial charge in [0.1, 0.15) is 10.6 Å². The van der Waals surface area contributed by atoms with Crippen molar-refractivity contribution in [1.82, 2.24) is 4.90 Å². The Labute approximate surface area is 247 Å². The summed E-state index contributed by atoms with van der Waals surface area (Å²) in [6, 6.07) is 5.46. The topological polar surface area (TPSA) is 91.8 Å². The van der Waals surface area contributed by atoms with E-state index in [1.807, 2.05) is 0 Å². The predicted octanol–water partition coefficient (Wildman–Crippen LogP) is 6.44. The van der Waals surface area contributed by atoms with E-state index in [-0.39, 0.29) is 69.2 Å². The van der Waals surface area contributed by atoms with E-state index in [9.17, 15) is 58.2 Å². The minimum absolute atomic E-state index is 0.148. The molecule has 6 rings (SSSR count). The van der Waals surface area contributed by atoms with Crippen molar-refractivity contribution in [1.29, 1.82) is 0 Å². The van der Waals surface area contributed by atoms with Crippen LogP contribution in [0, 0.1) is 16.6 Å². The van der Waals surface area contributed by atoms with Crippen LogP contribution >= 0.6 is 0 Å². The summed E-state index contributed by atoms with van der Waals surface area (Å²) in [4.78, 5) is 26.6. The van der Waals surface area contributed by atoms with Crippen LogP contribution in [0.4, 0.5) is 35.1 Å². The summed E-state index contributed by atoms with van der Waals surface area (Å²) in [7, 11) is -4.59. The summed E-state index contributed by atoms with van der Waals surface area (Å²) in [5.41, 5.74) is -9.67. The molecule has 3 aliphatic carbocycles. The van der Waals surface area contributed by atoms with Crippen molar-refractivity contribution in [2.75, 3.05) is 13.1 Å². The summed E-state index contributed by atoms with van der Waals surface area (Å²) in [5, 5.41) is 9.68. The Morgan fingerprint density at radius 1 is 0.727 bits per heavy atom. The van der Waals surface area contributed by atoms with Crippen LogP contribution < -0.4 is 0 Å². The number of carbonyl (C=O) groups is 2. The molecule has 0 aromatic heterocycles. The lowest BCUT2D eigenvalue weighted by Crippen LogP contribution is -2.53. The monoisotopic (exact) mass is 653 g/mol. The van der Waals surface area contributed by atoms with E-state index in [4.69, 9.17) is 0 Å². The van der Waals surface area contributed by atoms with Gasteiger partial charge >= 0.3 is 24.0 Å². The number of nitrogens with zero attached hydrogens (tertiary/aromatic N) is 1. The van der Waals surface area contributed by atoms with Gasteiger partial charge in [0.2, 0.25) is 5.91 Å². The normalized spacial score (nSPS) is 27.9. The third-order valence-electron chi connectivity index (χ3n) is 9.90. The first-order valence-electron chi connectivity index (χ1n) is 13.7. The summed E-state index contributed by atoms with van der Waals surface area (Å²) >= 11 is 0. The van der Waals surface area contributed by atoms with E-state index in [0.717, 1.165) is 24.3 Å². The van der Waals surface area contributed by atoms with Crippen molar-refractivity contribution in [3.63, 3.8) is 0 Å². The first kappa shape index (κ1) is 32.2. The average Bonchev–Trinajstić information content (AvgIpc) is 3.44. The third-order valence-corrected chi connectivity index (χ3v) is 12.4. The zero-order chi connectivity index (χ0) is 32.6. The summed E-state index contributed by atoms with van der Waals surface area (Å²) in [6.07, 6.45) is -11.5. The molecule has 4 aliphatic rings. The van der Waals surface area contributed by atoms with E-state index in [1.54, 1.807) is 0 Å². The molecule has 1 heterocycles. The van der Waals surface area contributed by atoms with Crippen LogP contribution in [-0.4, -0.2) is 55.7 Å². The van der Waals surface area contributed by atoms with Crippen molar-refractivity contribution in [3.05, 3.63) is 65.5 Å². The third kappa shape index (κ3) is 4.59. The van der Waals surface area contributed by atoms with Crippen molar-refractivity contribution in [2.45, 2.75) is 72.6 Å². The van der Waals surface area contributed by atoms with E-state index >= 15 is 0 Å². The lowest BCUT2D eigenvalue weighted by atomic mass is 9.53. The molecule has 3 saturated carbocycles. The SMILES string of the molecule is O=C(O)C12CCC(C(=O)N3CCC(c4ccc(C(F)(C(F)(F)F)C(F)(F)F)cc4)(S(=O)(=O)c4ccc(F)cc4)C3)(CC1)CC2. The lowest BCUT2D eigenvalue weighted by molar-refractivity contribution is -0.348. The average molecular weight is 654 g/mol. The fraction of sp³-hybridized carbons (Fsp3) is 0.517. The molecule has 6 nitrogen and oxygen atoms in total. The summed E-state index contributed by atoms with van der Waals surface area (Å²) < 4.78 is 135. The van der Waals surface area contributed by atoms with E-state index in [2.05, 4.69) is 0 Å². The summed E-state index contributed by atoms with van der Waals surface area (Å²) in [6.45, 7) is -0.680. The van der Waals surface area contributed by atoms with Gasteiger partial charge in [-0.25, -0.2) is 17.2 Å². The Morgan fingerprint density at radius 3 is 1.66 bits per heavy atom. The van der Waals surface area contributed by atoms with Gasteiger partial charge in [-0.2, -0.15) is 26.3 Å². The molecule has 1 amide bonds. The fourth-order valence-corrected chi connectivity index (χ4v) is 9.14. The standard InChI is InChI=1S/C29H27F8NO5S/c30-20-5-7-21(8-6-20)44(42,43)26(18-1-3-19(4-2-18)27(31,28(32,33)34)29(35,36)37)15-16-38(17-26)22(39)24-9-12-25(13-10-24,14-11-24)23(40)41/h1-8H,9-17H2,(H,40,41). The number of rotatable bonds is 6. The van der Waals surface area contributed by atoms with Crippen LogP contribution in [0.25, 0.3) is 0 Å². The molecule has 0 radical (unpaired) electrons. The zero-order valence-electron chi connectivity index (χ0n) is 22.9. The Hall–Kier alpha value is -3.23. The minimum Gasteiger partial charge on any atom is -0.481 e. The Bertz CT molecular complexity index is 1530. The molecule has 1 aliphatic heterocycles. The molecule has 240 valence electrons. The smallest absolute Gasteiger partial charge is 0.435 e. The quantitative estimate of drug-likeness (QED) is 0.286. The number of carboxylic acid groups (broad SMARTS) is 1. The van der Waals surface area contributed by atoms with Crippen LogP contribution in [-0.2, 0) is 29.8 Å². The Kier molecular flexibility index (Phi) is 7.42. The summed E-state index contributed by atoms with van der Waals surface area (Å²) in [5.74, 6) is -2.13. The minimum atomic E-state index is -6.38. The molecule has 2 aromatic carbocycles. The Morgan fingerprint density at radius 2 is 1.20 bits per heavy atom. The second-order valence-electron chi connectivity index (χ2n) is 12.0. The van der Waals surface area contributed by atoms with E-state index in [0.29, 0.717) is 12.1 Å². The number of alkyl halides is 7. The molecule has 2 aromatic rings. The second kappa shape index (κ2) is 10.1. The van der Waals surface area contributed by atoms with Gasteiger partial charge in [-0.1, -0.05) is 24.3 Å². The number of halogens is 8. The highest BCUT2D eigenvalue weighted by Gasteiger charge is 2.73. The largest absolute Gasteiger partial charge is 0.481 e. The molecule has 4 fully saturated rings. The van der Waals surface area contributed by atoms with Crippen LogP contribution in [0.2, 0.25) is 0 Å². The number of fused-ring (bicyclic) bond motifs is 3. The van der Waals surface area contributed by atoms with Crippen LogP contribution in [0.15, 0.2) is 53.4 Å². The number of amides is 1. The molecular weight excluding hydrogens is 626 g/mol. The predicted molar refractivity (Wildman–Crippen MR) is 138 cm³/mol. The molecule has 1 saturated heterocycles. The van der Waals surface area contributed by atoms with Crippen molar-refractivity contribution in [3.8, 4) is 0 Å². The zero-order valence-corrected chi connectivity index (χ0v) is 23.8. The van der Waals surface area contributed by atoms with Crippen LogP contribution in [0.1, 0.15) is 56.1 Å². The number of carbonyl (C=O) groups excluding carboxylic acids is 1. The number of hydrogen-bond acceptors (Lipinski definition) is 4. The number of sulfone groups is 1. The number of aliphatic carboxylic acids is 1. The van der Waals surface area contributed by atoms with Gasteiger partial charge in [-0.15, -0.1) is 0 Å². The second-order valence-corrected chi connectivity index (χ2v) is 14.3. The molecule has 15 heteroatoms. The molecule has 1 unspecified atom stereocenters. The maximum atomic E-state index is 14.7. The highest BCUT2D eigenvalue weighted by Crippen LogP contribution is 2.59. The van der Waals surface area contributed by atoms with Crippen molar-refractivity contribution >= 4 is 21.7 Å². The van der Waals surface area contributed by atoms with Gasteiger partial charge in [-0.3, -0.25) is 9.59 Å².